The highest BCUT2D eigenvalue weighted by atomic mass is 35.5. The van der Waals surface area contributed by atoms with Crippen LogP contribution >= 0.6 is 35.0 Å². The number of hydrogen-bond donors (Lipinski definition) is 0. The molecule has 0 aromatic heterocycles. The lowest BCUT2D eigenvalue weighted by Gasteiger charge is -2.18. The number of amides is 1. The lowest BCUT2D eigenvalue weighted by molar-refractivity contribution is -0.137. The second-order valence-electron chi connectivity index (χ2n) is 5.33. The first-order valence-electron chi connectivity index (χ1n) is 7.45. The number of benzene rings is 2. The van der Waals surface area contributed by atoms with Crippen LogP contribution in [0.5, 0.6) is 0 Å². The van der Waals surface area contributed by atoms with E-state index in [2.05, 4.69) is 10.2 Å². The molecule has 1 heterocycles. The molecule has 3 rings (SSSR count). The van der Waals surface area contributed by atoms with Gasteiger partial charge in [-0.3, -0.25) is 9.69 Å². The monoisotopic (exact) mass is 431 g/mol. The van der Waals surface area contributed by atoms with Crippen LogP contribution in [-0.2, 0) is 11.0 Å². The summed E-state index contributed by atoms with van der Waals surface area (Å²) in [5.41, 5.74) is -0.389. The lowest BCUT2D eigenvalue weighted by atomic mass is 10.2. The number of thioether (sulfide) groups is 1. The smallest absolute Gasteiger partial charge is 0.273 e. The van der Waals surface area contributed by atoms with Gasteiger partial charge in [0, 0.05) is 10.6 Å². The third-order valence-electron chi connectivity index (χ3n) is 3.53. The molecule has 1 amide bonds. The van der Waals surface area contributed by atoms with E-state index < -0.39 is 17.6 Å². The number of rotatable bonds is 3. The zero-order valence-electron chi connectivity index (χ0n) is 13.4. The fourth-order valence-corrected chi connectivity index (χ4v) is 3.46. The molecule has 0 radical (unpaired) electrons. The van der Waals surface area contributed by atoms with Crippen molar-refractivity contribution in [2.75, 3.05) is 10.7 Å². The van der Waals surface area contributed by atoms with E-state index in [-0.39, 0.29) is 21.6 Å². The van der Waals surface area contributed by atoms with Crippen LogP contribution in [0.2, 0.25) is 10.0 Å². The Bertz CT molecular complexity index is 947. The van der Waals surface area contributed by atoms with Crippen LogP contribution < -0.4 is 4.90 Å². The maximum absolute atomic E-state index is 13.0. The lowest BCUT2D eigenvalue weighted by Crippen LogP contribution is -2.29. The summed E-state index contributed by atoms with van der Waals surface area (Å²) in [6.45, 7) is 0. The zero-order valence-corrected chi connectivity index (χ0v) is 15.7. The second kappa shape index (κ2) is 7.92. The van der Waals surface area contributed by atoms with Gasteiger partial charge in [-0.05, 0) is 24.3 Å². The molecular weight excluding hydrogens is 422 g/mol. The first kappa shape index (κ1) is 19.7. The third kappa shape index (κ3) is 4.45. The van der Waals surface area contributed by atoms with Crippen LogP contribution in [0.15, 0.2) is 52.7 Å². The molecule has 1 fully saturated rings. The van der Waals surface area contributed by atoms with E-state index in [0.717, 1.165) is 34.9 Å². The zero-order chi connectivity index (χ0) is 19.6. The predicted molar refractivity (Wildman–Crippen MR) is 103 cm³/mol. The van der Waals surface area contributed by atoms with E-state index in [1.54, 1.807) is 24.3 Å². The molecule has 1 aliphatic heterocycles. The van der Waals surface area contributed by atoms with Crippen LogP contribution in [0, 0.1) is 0 Å². The molecule has 0 atom stereocenters. The average Bonchev–Trinajstić information content (AvgIpc) is 2.97. The van der Waals surface area contributed by atoms with Crippen molar-refractivity contribution in [1.82, 2.24) is 0 Å². The highest BCUT2D eigenvalue weighted by molar-refractivity contribution is 8.15. The summed E-state index contributed by atoms with van der Waals surface area (Å²) < 4.78 is 39.0. The van der Waals surface area contributed by atoms with E-state index in [0.29, 0.717) is 10.6 Å². The van der Waals surface area contributed by atoms with Gasteiger partial charge in [0.15, 0.2) is 5.17 Å². The van der Waals surface area contributed by atoms with Gasteiger partial charge in [0.2, 0.25) is 5.91 Å². The maximum Gasteiger partial charge on any atom is 0.416 e. The van der Waals surface area contributed by atoms with Gasteiger partial charge < -0.3 is 0 Å². The van der Waals surface area contributed by atoms with Crippen molar-refractivity contribution in [3.63, 3.8) is 0 Å². The van der Waals surface area contributed by atoms with Crippen LogP contribution in [0.3, 0.4) is 0 Å². The molecule has 2 aromatic rings. The highest BCUT2D eigenvalue weighted by Gasteiger charge is 2.35. The molecular formula is C17H10Cl2F3N3OS. The highest BCUT2D eigenvalue weighted by Crippen LogP contribution is 2.38. The Morgan fingerprint density at radius 2 is 1.85 bits per heavy atom. The molecule has 27 heavy (non-hydrogen) atoms. The molecule has 0 bridgehead atoms. The Labute approximate surface area is 166 Å². The molecule has 0 aliphatic carbocycles. The van der Waals surface area contributed by atoms with Gasteiger partial charge >= 0.3 is 6.18 Å². The Hall–Kier alpha value is -2.03. The summed E-state index contributed by atoms with van der Waals surface area (Å²) >= 11 is 13.1. The standard InChI is InChI=1S/C17H10Cl2F3N3OS/c18-12-4-2-1-3-10(12)8-23-24-16-25(15(26)9-27-16)14-7-11(17(20,21)22)5-6-13(14)19/h1-8H,9H2. The molecule has 1 saturated heterocycles. The number of hydrogen-bond acceptors (Lipinski definition) is 4. The number of carbonyl (C=O) groups excluding carboxylic acids is 1. The van der Waals surface area contributed by atoms with E-state index in [4.69, 9.17) is 23.2 Å². The Morgan fingerprint density at radius 1 is 1.11 bits per heavy atom. The molecule has 0 saturated carbocycles. The minimum absolute atomic E-state index is 0.00151. The minimum Gasteiger partial charge on any atom is -0.273 e. The van der Waals surface area contributed by atoms with Crippen molar-refractivity contribution < 1.29 is 18.0 Å². The molecule has 4 nitrogen and oxygen atoms in total. The number of amidine groups is 1. The topological polar surface area (TPSA) is 45.0 Å². The summed E-state index contributed by atoms with van der Waals surface area (Å²) in [7, 11) is 0. The maximum atomic E-state index is 13.0. The van der Waals surface area contributed by atoms with Crippen LogP contribution in [0.25, 0.3) is 0 Å². The second-order valence-corrected chi connectivity index (χ2v) is 7.09. The van der Waals surface area contributed by atoms with Crippen molar-refractivity contribution >= 4 is 57.9 Å². The largest absolute Gasteiger partial charge is 0.416 e. The van der Waals surface area contributed by atoms with E-state index in [1.807, 2.05) is 0 Å². The Balaban J connectivity index is 1.94. The molecule has 2 aromatic carbocycles. The van der Waals surface area contributed by atoms with Crippen LogP contribution in [-0.4, -0.2) is 23.0 Å². The van der Waals surface area contributed by atoms with Gasteiger partial charge in [0.25, 0.3) is 0 Å². The minimum atomic E-state index is -4.56. The van der Waals surface area contributed by atoms with Gasteiger partial charge in [0.1, 0.15) is 0 Å². The van der Waals surface area contributed by atoms with Crippen LogP contribution in [0.1, 0.15) is 11.1 Å². The molecule has 0 N–H and O–H groups in total. The predicted octanol–water partition coefficient (Wildman–Crippen LogP) is 5.48. The van der Waals surface area contributed by atoms with E-state index >= 15 is 0 Å². The summed E-state index contributed by atoms with van der Waals surface area (Å²) in [6.07, 6.45) is -3.17. The first-order chi connectivity index (χ1) is 12.8. The van der Waals surface area contributed by atoms with Crippen LogP contribution in [0.4, 0.5) is 18.9 Å². The fraction of sp³-hybridized carbons (Fsp3) is 0.118. The van der Waals surface area contributed by atoms with Gasteiger partial charge in [0.05, 0.1) is 28.2 Å². The van der Waals surface area contributed by atoms with Crippen molar-refractivity contribution in [2.24, 2.45) is 10.2 Å². The summed E-state index contributed by atoms with van der Waals surface area (Å²) in [6, 6.07) is 9.70. The molecule has 0 unspecified atom stereocenters. The van der Waals surface area contributed by atoms with Crippen molar-refractivity contribution in [2.45, 2.75) is 6.18 Å². The van der Waals surface area contributed by atoms with E-state index in [1.165, 1.54) is 6.21 Å². The normalized spacial score (nSPS) is 16.7. The number of anilines is 1. The SMILES string of the molecule is O=C1CSC(=NN=Cc2ccccc2Cl)N1c1cc(C(F)(F)F)ccc1Cl. The van der Waals surface area contributed by atoms with Gasteiger partial charge in [-0.1, -0.05) is 53.2 Å². The van der Waals surface area contributed by atoms with E-state index in [9.17, 15) is 18.0 Å². The Morgan fingerprint density at radius 3 is 2.56 bits per heavy atom. The van der Waals surface area contributed by atoms with Crippen molar-refractivity contribution in [1.29, 1.82) is 0 Å². The van der Waals surface area contributed by atoms with Gasteiger partial charge in [-0.25, -0.2) is 0 Å². The van der Waals surface area contributed by atoms with Gasteiger partial charge in [-0.15, -0.1) is 5.10 Å². The third-order valence-corrected chi connectivity index (χ3v) is 5.10. The molecule has 0 spiro atoms. The fourth-order valence-electron chi connectivity index (χ4n) is 2.25. The van der Waals surface area contributed by atoms with Crippen molar-refractivity contribution in [3.8, 4) is 0 Å². The first-order valence-corrected chi connectivity index (χ1v) is 9.19. The van der Waals surface area contributed by atoms with Gasteiger partial charge in [-0.2, -0.15) is 18.3 Å². The van der Waals surface area contributed by atoms with Crippen molar-refractivity contribution in [3.05, 3.63) is 63.6 Å². The Kier molecular flexibility index (Phi) is 5.78. The molecule has 1 aliphatic rings. The summed E-state index contributed by atoms with van der Waals surface area (Å²) in [5.74, 6) is -0.416. The molecule has 10 heteroatoms. The number of halogens is 5. The number of nitrogens with zero attached hydrogens (tertiary/aromatic N) is 3. The summed E-state index contributed by atoms with van der Waals surface area (Å²) in [4.78, 5) is 13.2. The quantitative estimate of drug-likeness (QED) is 0.476. The molecule has 140 valence electrons. The number of carbonyl (C=O) groups is 1. The average molecular weight is 432 g/mol. The summed E-state index contributed by atoms with van der Waals surface area (Å²) in [5, 5.41) is 8.45. The number of alkyl halides is 3.